The van der Waals surface area contributed by atoms with E-state index in [0.717, 1.165) is 12.8 Å². The summed E-state index contributed by atoms with van der Waals surface area (Å²) in [4.78, 5) is 10.3. The Hall–Kier alpha value is -0.271. The summed E-state index contributed by atoms with van der Waals surface area (Å²) in [6.45, 7) is 2.24. The van der Waals surface area contributed by atoms with Crippen LogP contribution >= 0.6 is 0 Å². The van der Waals surface area contributed by atoms with Gasteiger partial charge in [-0.05, 0) is 32.1 Å². The quantitative estimate of drug-likeness (QED) is 0.284. The first kappa shape index (κ1) is 21.0. The van der Waals surface area contributed by atoms with Crippen LogP contribution in [0.2, 0.25) is 0 Å². The molecule has 0 aromatic carbocycles. The van der Waals surface area contributed by atoms with Crippen molar-refractivity contribution in [2.45, 2.75) is 84.0 Å². The molecule has 0 aliphatic carbocycles. The largest absolute Gasteiger partial charge is 0.481 e. The molecule has 114 valence electrons. The van der Waals surface area contributed by atoms with Gasteiger partial charge in [0, 0.05) is 23.5 Å². The summed E-state index contributed by atoms with van der Waals surface area (Å²) < 4.78 is 0. The number of rotatable bonds is 13. The maximum absolute atomic E-state index is 10.3. The summed E-state index contributed by atoms with van der Waals surface area (Å²) in [6, 6.07) is 0. The zero-order valence-electron chi connectivity index (χ0n) is 12.3. The van der Waals surface area contributed by atoms with E-state index >= 15 is 0 Å². The number of carbonyl (C=O) groups is 1. The number of carboxylic acid groups (broad SMARTS) is 1. The van der Waals surface area contributed by atoms with E-state index in [9.17, 15) is 4.79 Å². The van der Waals surface area contributed by atoms with Crippen LogP contribution in [0.1, 0.15) is 84.0 Å². The van der Waals surface area contributed by atoms with Gasteiger partial charge in [0.2, 0.25) is 0 Å². The van der Waals surface area contributed by atoms with Gasteiger partial charge in [0.1, 0.15) is 0 Å². The van der Waals surface area contributed by atoms with Gasteiger partial charge in [0.25, 0.3) is 0 Å². The maximum atomic E-state index is 10.3. The van der Waals surface area contributed by atoms with Crippen LogP contribution in [-0.2, 0) is 21.9 Å². The minimum absolute atomic E-state index is 0. The summed E-state index contributed by atoms with van der Waals surface area (Å²) in [5.74, 6) is -0.666. The third kappa shape index (κ3) is 20.2. The van der Waals surface area contributed by atoms with Gasteiger partial charge in [-0.25, -0.2) is 0 Å². The number of carboxylic acids is 1. The molecule has 0 aliphatic heterocycles. The summed E-state index contributed by atoms with van der Waals surface area (Å²) in [7, 11) is 0. The van der Waals surface area contributed by atoms with E-state index in [4.69, 9.17) is 5.11 Å². The van der Waals surface area contributed by atoms with Crippen LogP contribution in [0.5, 0.6) is 0 Å². The van der Waals surface area contributed by atoms with Crippen molar-refractivity contribution in [1.29, 1.82) is 0 Å². The predicted octanol–water partition coefficient (Wildman–Crippen LogP) is 5.33. The summed E-state index contributed by atoms with van der Waals surface area (Å²) >= 11 is 0. The standard InChI is InChI=1S/C16H30O2.Fe/c1-2-3-4-5-6-7-8-9-10-11-12-13-14-15-16(17)18;/h7-8H,2-6,9-15H2,1H3,(H,17,18);/b8-7-;. The van der Waals surface area contributed by atoms with Gasteiger partial charge >= 0.3 is 5.97 Å². The molecule has 19 heavy (non-hydrogen) atoms. The Morgan fingerprint density at radius 2 is 1.32 bits per heavy atom. The molecule has 0 aromatic heterocycles. The SMILES string of the molecule is CCCCCC/C=C\CCCCCCCC(=O)O.[Fe]. The topological polar surface area (TPSA) is 37.3 Å². The van der Waals surface area contributed by atoms with Crippen molar-refractivity contribution in [3.05, 3.63) is 12.2 Å². The van der Waals surface area contributed by atoms with Crippen molar-refractivity contribution in [3.8, 4) is 0 Å². The smallest absolute Gasteiger partial charge is 0.303 e. The van der Waals surface area contributed by atoms with E-state index in [1.807, 2.05) is 0 Å². The van der Waals surface area contributed by atoms with Crippen LogP contribution in [0.15, 0.2) is 12.2 Å². The van der Waals surface area contributed by atoms with Crippen molar-refractivity contribution in [2.75, 3.05) is 0 Å². The van der Waals surface area contributed by atoms with Gasteiger partial charge < -0.3 is 5.11 Å². The fourth-order valence-corrected chi connectivity index (χ4v) is 1.99. The van der Waals surface area contributed by atoms with E-state index in [1.165, 1.54) is 57.8 Å². The normalized spacial score (nSPS) is 10.6. The first-order chi connectivity index (χ1) is 8.77. The number of hydrogen-bond acceptors (Lipinski definition) is 1. The van der Waals surface area contributed by atoms with Crippen molar-refractivity contribution in [2.24, 2.45) is 0 Å². The van der Waals surface area contributed by atoms with Crippen LogP contribution in [0.3, 0.4) is 0 Å². The van der Waals surface area contributed by atoms with Crippen LogP contribution < -0.4 is 0 Å². The summed E-state index contributed by atoms with van der Waals surface area (Å²) in [5, 5.41) is 8.48. The van der Waals surface area contributed by atoms with Crippen molar-refractivity contribution in [3.63, 3.8) is 0 Å². The molecule has 2 nitrogen and oxygen atoms in total. The van der Waals surface area contributed by atoms with Crippen LogP contribution in [0.25, 0.3) is 0 Å². The van der Waals surface area contributed by atoms with Gasteiger partial charge in [0.05, 0.1) is 0 Å². The molecular formula is C16H30FeO2. The minimum atomic E-state index is -0.666. The van der Waals surface area contributed by atoms with E-state index < -0.39 is 5.97 Å². The predicted molar refractivity (Wildman–Crippen MR) is 77.9 cm³/mol. The van der Waals surface area contributed by atoms with Gasteiger partial charge in [-0.2, -0.15) is 0 Å². The Balaban J connectivity index is 0. The first-order valence-electron chi connectivity index (χ1n) is 7.64. The van der Waals surface area contributed by atoms with Crippen LogP contribution in [-0.4, -0.2) is 11.1 Å². The number of aliphatic carboxylic acids is 1. The second-order valence-corrected chi connectivity index (χ2v) is 5.02. The molecule has 0 rings (SSSR count). The Morgan fingerprint density at radius 1 is 0.842 bits per heavy atom. The van der Waals surface area contributed by atoms with Crippen LogP contribution in [0, 0.1) is 0 Å². The molecule has 0 heterocycles. The molecular weight excluding hydrogens is 280 g/mol. The third-order valence-electron chi connectivity index (χ3n) is 3.15. The van der Waals surface area contributed by atoms with E-state index in [2.05, 4.69) is 19.1 Å². The van der Waals surface area contributed by atoms with Crippen molar-refractivity contribution >= 4 is 5.97 Å². The fourth-order valence-electron chi connectivity index (χ4n) is 1.99. The maximum Gasteiger partial charge on any atom is 0.303 e. The summed E-state index contributed by atoms with van der Waals surface area (Å²) in [5.41, 5.74) is 0. The molecule has 0 fully saturated rings. The first-order valence-corrected chi connectivity index (χ1v) is 7.64. The Bertz CT molecular complexity index is 215. The van der Waals surface area contributed by atoms with E-state index in [1.54, 1.807) is 0 Å². The van der Waals surface area contributed by atoms with Crippen LogP contribution in [0.4, 0.5) is 0 Å². The fraction of sp³-hybridized carbons (Fsp3) is 0.812. The molecule has 0 radical (unpaired) electrons. The van der Waals surface area contributed by atoms with Gasteiger partial charge in [0.15, 0.2) is 0 Å². The molecule has 0 unspecified atom stereocenters. The third-order valence-corrected chi connectivity index (χ3v) is 3.15. The molecule has 3 heteroatoms. The van der Waals surface area contributed by atoms with E-state index in [0.29, 0.717) is 6.42 Å². The molecule has 0 aromatic rings. The molecule has 0 saturated carbocycles. The molecule has 0 spiro atoms. The molecule has 1 N–H and O–H groups in total. The Kier molecular flexibility index (Phi) is 19.6. The molecule has 0 bridgehead atoms. The Labute approximate surface area is 129 Å². The number of allylic oxidation sites excluding steroid dienone is 2. The Morgan fingerprint density at radius 3 is 1.84 bits per heavy atom. The molecule has 0 atom stereocenters. The second kappa shape index (κ2) is 17.7. The molecule has 0 saturated heterocycles. The van der Waals surface area contributed by atoms with Gasteiger partial charge in [-0.15, -0.1) is 0 Å². The van der Waals surface area contributed by atoms with Crippen molar-refractivity contribution in [1.82, 2.24) is 0 Å². The molecule has 0 amide bonds. The van der Waals surface area contributed by atoms with Gasteiger partial charge in [-0.1, -0.05) is 57.6 Å². The minimum Gasteiger partial charge on any atom is -0.481 e. The summed E-state index contributed by atoms with van der Waals surface area (Å²) in [6.07, 6.45) is 18.3. The average molecular weight is 310 g/mol. The van der Waals surface area contributed by atoms with E-state index in [-0.39, 0.29) is 17.1 Å². The zero-order valence-corrected chi connectivity index (χ0v) is 13.5. The second-order valence-electron chi connectivity index (χ2n) is 5.02. The molecule has 0 aliphatic rings. The number of hydrogen-bond donors (Lipinski definition) is 1. The van der Waals surface area contributed by atoms with Gasteiger partial charge in [-0.3, -0.25) is 4.79 Å². The monoisotopic (exact) mass is 310 g/mol. The van der Waals surface area contributed by atoms with Crippen molar-refractivity contribution < 1.29 is 27.0 Å². The zero-order chi connectivity index (χ0) is 13.5. The average Bonchev–Trinajstić information content (AvgIpc) is 2.34. The number of unbranched alkanes of at least 4 members (excludes halogenated alkanes) is 9.